The quantitative estimate of drug-likeness (QED) is 0.169. The number of carboxylic acid groups (broad SMARTS) is 1. The van der Waals surface area contributed by atoms with E-state index in [1.807, 2.05) is 42.5 Å². The lowest BCUT2D eigenvalue weighted by molar-refractivity contribution is -0.137. The van der Waals surface area contributed by atoms with Crippen LogP contribution in [-0.2, 0) is 4.79 Å². The first-order chi connectivity index (χ1) is 13.5. The van der Waals surface area contributed by atoms with Gasteiger partial charge in [0, 0.05) is 18.9 Å². The van der Waals surface area contributed by atoms with Crippen LogP contribution in [0.15, 0.2) is 48.6 Å². The Morgan fingerprint density at radius 1 is 0.929 bits per heavy atom. The summed E-state index contributed by atoms with van der Waals surface area (Å²) < 4.78 is 0. The summed E-state index contributed by atoms with van der Waals surface area (Å²) in [6.45, 7) is 1.99. The number of aliphatic carboxylic acids is 1. The molecule has 0 heterocycles. The summed E-state index contributed by atoms with van der Waals surface area (Å²) >= 11 is 0. The molecular formula is C23H38O5. The van der Waals surface area contributed by atoms with E-state index in [0.29, 0.717) is 6.42 Å². The average Bonchev–Trinajstić information content (AvgIpc) is 2.67. The summed E-state index contributed by atoms with van der Waals surface area (Å²) in [4.78, 5) is 10.5. The number of aliphatic hydroxyl groups is 3. The zero-order chi connectivity index (χ0) is 21.0. The number of rotatable bonds is 17. The van der Waals surface area contributed by atoms with E-state index >= 15 is 0 Å². The maximum absolute atomic E-state index is 10.5. The first-order valence-electron chi connectivity index (χ1n) is 10.3. The van der Waals surface area contributed by atoms with Crippen molar-refractivity contribution in [2.24, 2.45) is 5.92 Å². The molecule has 0 saturated carbocycles. The van der Waals surface area contributed by atoms with Gasteiger partial charge in [-0.25, -0.2) is 0 Å². The van der Waals surface area contributed by atoms with Crippen molar-refractivity contribution in [3.05, 3.63) is 48.6 Å². The summed E-state index contributed by atoms with van der Waals surface area (Å²) in [5.74, 6) is -1.27. The van der Waals surface area contributed by atoms with Crippen molar-refractivity contribution in [1.82, 2.24) is 0 Å². The van der Waals surface area contributed by atoms with Crippen LogP contribution in [0.5, 0.6) is 0 Å². The molecule has 5 nitrogen and oxygen atoms in total. The number of unbranched alkanes of at least 4 members (excludes halogenated alkanes) is 2. The van der Waals surface area contributed by atoms with Gasteiger partial charge in [0.15, 0.2) is 0 Å². The highest BCUT2D eigenvalue weighted by molar-refractivity contribution is 5.66. The highest BCUT2D eigenvalue weighted by atomic mass is 16.4. The number of carboxylic acids is 1. The second kappa shape index (κ2) is 18.7. The molecule has 3 atom stereocenters. The van der Waals surface area contributed by atoms with E-state index in [1.165, 1.54) is 0 Å². The molecule has 0 fully saturated rings. The highest BCUT2D eigenvalue weighted by Crippen LogP contribution is 2.14. The molecule has 3 unspecified atom stereocenters. The molecule has 0 aromatic heterocycles. The van der Waals surface area contributed by atoms with Gasteiger partial charge in [-0.05, 0) is 32.1 Å². The van der Waals surface area contributed by atoms with Crippen LogP contribution in [0.25, 0.3) is 0 Å². The Morgan fingerprint density at radius 2 is 1.61 bits per heavy atom. The molecule has 0 radical (unpaired) electrons. The summed E-state index contributed by atoms with van der Waals surface area (Å²) in [5.41, 5.74) is 0. The van der Waals surface area contributed by atoms with E-state index in [-0.39, 0.29) is 31.5 Å². The Labute approximate surface area is 169 Å². The molecule has 0 aliphatic carbocycles. The summed E-state index contributed by atoms with van der Waals surface area (Å²) in [6.07, 6.45) is 20.9. The summed E-state index contributed by atoms with van der Waals surface area (Å²) in [6, 6.07) is 0. The predicted octanol–water partition coefficient (Wildman–Crippen LogP) is 4.16. The number of hydrogen-bond donors (Lipinski definition) is 4. The van der Waals surface area contributed by atoms with E-state index < -0.39 is 12.1 Å². The second-order valence-electron chi connectivity index (χ2n) is 6.97. The third kappa shape index (κ3) is 16.5. The van der Waals surface area contributed by atoms with Crippen LogP contribution >= 0.6 is 0 Å². The van der Waals surface area contributed by atoms with E-state index in [4.69, 9.17) is 5.11 Å². The second-order valence-corrected chi connectivity index (χ2v) is 6.97. The maximum Gasteiger partial charge on any atom is 0.303 e. The number of hydrogen-bond acceptors (Lipinski definition) is 4. The van der Waals surface area contributed by atoms with Gasteiger partial charge in [-0.15, -0.1) is 0 Å². The molecule has 0 aliphatic heterocycles. The van der Waals surface area contributed by atoms with Gasteiger partial charge in [0.05, 0.1) is 12.2 Å². The number of aliphatic hydroxyl groups excluding tert-OH is 3. The molecule has 0 saturated heterocycles. The molecule has 160 valence electrons. The molecule has 0 amide bonds. The van der Waals surface area contributed by atoms with Crippen LogP contribution in [0.2, 0.25) is 0 Å². The molecule has 5 heteroatoms. The van der Waals surface area contributed by atoms with Crippen molar-refractivity contribution < 1.29 is 25.2 Å². The topological polar surface area (TPSA) is 98.0 Å². The van der Waals surface area contributed by atoms with Crippen LogP contribution in [0.4, 0.5) is 0 Å². The summed E-state index contributed by atoms with van der Waals surface area (Å²) in [7, 11) is 0. The fourth-order valence-electron chi connectivity index (χ4n) is 2.63. The third-order valence-electron chi connectivity index (χ3n) is 4.43. The van der Waals surface area contributed by atoms with E-state index in [9.17, 15) is 20.1 Å². The Morgan fingerprint density at radius 3 is 2.25 bits per heavy atom. The molecule has 28 heavy (non-hydrogen) atoms. The van der Waals surface area contributed by atoms with Crippen LogP contribution in [0, 0.1) is 5.92 Å². The van der Waals surface area contributed by atoms with E-state index in [0.717, 1.165) is 38.5 Å². The van der Waals surface area contributed by atoms with Gasteiger partial charge in [-0.2, -0.15) is 0 Å². The maximum atomic E-state index is 10.5. The van der Waals surface area contributed by atoms with Crippen LogP contribution in [0.1, 0.15) is 64.7 Å². The van der Waals surface area contributed by atoms with E-state index in [1.54, 1.807) is 0 Å². The minimum Gasteiger partial charge on any atom is -0.481 e. The van der Waals surface area contributed by atoms with Crippen molar-refractivity contribution in [3.63, 3.8) is 0 Å². The summed E-state index contributed by atoms with van der Waals surface area (Å²) in [5, 5.41) is 37.6. The van der Waals surface area contributed by atoms with Gasteiger partial charge in [-0.3, -0.25) is 4.79 Å². The standard InChI is InChI=1S/C23H38O5/c1-2-3-11-15-21(25)16-13-10-8-6-4-5-7-9-12-14-20(19-24)22(26)17-18-23(27)28/h4-5,8-10,12-13,16,20-22,24-26H,2-3,6-7,11,14-15,17-19H2,1H3,(H,27,28)/b5-4-,10-8-,12-9-,16-13+. The molecular weight excluding hydrogens is 356 g/mol. The Kier molecular flexibility index (Phi) is 17.5. The Hall–Kier alpha value is -1.69. The monoisotopic (exact) mass is 394 g/mol. The van der Waals surface area contributed by atoms with Gasteiger partial charge in [0.1, 0.15) is 0 Å². The first kappa shape index (κ1) is 26.3. The lowest BCUT2D eigenvalue weighted by Gasteiger charge is -2.18. The Balaban J connectivity index is 3.91. The van der Waals surface area contributed by atoms with Crippen LogP contribution in [-0.4, -0.2) is 45.2 Å². The molecule has 0 aromatic carbocycles. The zero-order valence-electron chi connectivity index (χ0n) is 17.1. The lowest BCUT2D eigenvalue weighted by atomic mass is 9.95. The highest BCUT2D eigenvalue weighted by Gasteiger charge is 2.17. The van der Waals surface area contributed by atoms with Crippen molar-refractivity contribution in [2.45, 2.75) is 76.9 Å². The SMILES string of the molecule is CCCCCC(O)/C=C/C=C\C/C=C\C/C=C\CC(CO)C(O)CCC(=O)O. The van der Waals surface area contributed by atoms with E-state index in [2.05, 4.69) is 13.0 Å². The van der Waals surface area contributed by atoms with Crippen molar-refractivity contribution in [3.8, 4) is 0 Å². The molecule has 4 N–H and O–H groups in total. The van der Waals surface area contributed by atoms with Gasteiger partial charge in [-0.1, -0.05) is 74.8 Å². The van der Waals surface area contributed by atoms with Crippen LogP contribution < -0.4 is 0 Å². The minimum atomic E-state index is -0.941. The smallest absolute Gasteiger partial charge is 0.303 e. The third-order valence-corrected chi connectivity index (χ3v) is 4.43. The Bertz CT molecular complexity index is 493. The van der Waals surface area contributed by atoms with Gasteiger partial charge in [0.25, 0.3) is 0 Å². The van der Waals surface area contributed by atoms with Gasteiger partial charge < -0.3 is 20.4 Å². The van der Waals surface area contributed by atoms with Crippen molar-refractivity contribution in [2.75, 3.05) is 6.61 Å². The molecule has 0 aliphatic rings. The molecule has 0 spiro atoms. The lowest BCUT2D eigenvalue weighted by Crippen LogP contribution is -2.24. The number of carbonyl (C=O) groups is 1. The largest absolute Gasteiger partial charge is 0.481 e. The molecule has 0 rings (SSSR count). The van der Waals surface area contributed by atoms with Crippen LogP contribution in [0.3, 0.4) is 0 Å². The van der Waals surface area contributed by atoms with Crippen molar-refractivity contribution in [1.29, 1.82) is 0 Å². The van der Waals surface area contributed by atoms with Crippen molar-refractivity contribution >= 4 is 5.97 Å². The minimum absolute atomic E-state index is 0.0926. The van der Waals surface area contributed by atoms with Gasteiger partial charge >= 0.3 is 5.97 Å². The molecule has 0 aromatic rings. The fourth-order valence-corrected chi connectivity index (χ4v) is 2.63. The normalized spacial score (nSPS) is 15.9. The number of allylic oxidation sites excluding steroid dienone is 7. The fraction of sp³-hybridized carbons (Fsp3) is 0.609. The average molecular weight is 395 g/mol. The zero-order valence-corrected chi connectivity index (χ0v) is 17.1. The van der Waals surface area contributed by atoms with Gasteiger partial charge in [0.2, 0.25) is 0 Å². The molecule has 0 bridgehead atoms. The first-order valence-corrected chi connectivity index (χ1v) is 10.3. The predicted molar refractivity (Wildman–Crippen MR) is 114 cm³/mol.